The lowest BCUT2D eigenvalue weighted by atomic mass is 9.89. The number of rotatable bonds is 4. The van der Waals surface area contributed by atoms with Gasteiger partial charge in [-0.1, -0.05) is 23.4 Å². The topological polar surface area (TPSA) is 53.3 Å². The maximum absolute atomic E-state index is 14.1. The molecule has 134 valence electrons. The number of nitrogens with one attached hydrogen (secondary N) is 2. The number of nitrogens with zero attached hydrogens (tertiary/aromatic N) is 2. The SMILES string of the molecule is Cc1noc(C2CNNC2C2CCCN2Cc2ccccc2F)c1C. The Morgan fingerprint density at radius 3 is 2.92 bits per heavy atom. The van der Waals surface area contributed by atoms with Crippen LogP contribution < -0.4 is 10.9 Å². The van der Waals surface area contributed by atoms with Crippen molar-refractivity contribution >= 4 is 0 Å². The summed E-state index contributed by atoms with van der Waals surface area (Å²) < 4.78 is 19.7. The summed E-state index contributed by atoms with van der Waals surface area (Å²) in [4.78, 5) is 2.40. The van der Waals surface area contributed by atoms with Gasteiger partial charge in [-0.15, -0.1) is 0 Å². The van der Waals surface area contributed by atoms with Crippen LogP contribution in [0.15, 0.2) is 28.8 Å². The summed E-state index contributed by atoms with van der Waals surface area (Å²) in [7, 11) is 0. The molecular weight excluding hydrogens is 319 g/mol. The van der Waals surface area contributed by atoms with Gasteiger partial charge in [-0.2, -0.15) is 0 Å². The molecule has 2 aliphatic heterocycles. The Kier molecular flexibility index (Phi) is 4.58. The summed E-state index contributed by atoms with van der Waals surface area (Å²) >= 11 is 0. The number of benzene rings is 1. The van der Waals surface area contributed by atoms with Gasteiger partial charge in [0.25, 0.3) is 0 Å². The molecular formula is C19H25FN4O. The van der Waals surface area contributed by atoms with E-state index in [0.717, 1.165) is 48.5 Å². The van der Waals surface area contributed by atoms with E-state index in [1.165, 1.54) is 0 Å². The predicted octanol–water partition coefficient (Wildman–Crippen LogP) is 2.66. The first kappa shape index (κ1) is 16.7. The predicted molar refractivity (Wildman–Crippen MR) is 93.5 cm³/mol. The van der Waals surface area contributed by atoms with Gasteiger partial charge in [-0.25, -0.2) is 4.39 Å². The Balaban J connectivity index is 1.55. The lowest BCUT2D eigenvalue weighted by Gasteiger charge is -2.31. The van der Waals surface area contributed by atoms with E-state index in [1.54, 1.807) is 12.1 Å². The molecule has 2 fully saturated rings. The van der Waals surface area contributed by atoms with Crippen molar-refractivity contribution in [3.63, 3.8) is 0 Å². The zero-order chi connectivity index (χ0) is 17.4. The Bertz CT molecular complexity index is 747. The van der Waals surface area contributed by atoms with Crippen LogP contribution in [0.4, 0.5) is 4.39 Å². The molecule has 0 spiro atoms. The van der Waals surface area contributed by atoms with Crippen LogP contribution in [0.1, 0.15) is 41.3 Å². The Hall–Kier alpha value is -1.76. The van der Waals surface area contributed by atoms with Gasteiger partial charge in [0.15, 0.2) is 0 Å². The first-order valence-electron chi connectivity index (χ1n) is 9.03. The maximum Gasteiger partial charge on any atom is 0.145 e. The Morgan fingerprint density at radius 1 is 1.32 bits per heavy atom. The lowest BCUT2D eigenvalue weighted by molar-refractivity contribution is 0.187. The summed E-state index contributed by atoms with van der Waals surface area (Å²) in [5.41, 5.74) is 9.59. The zero-order valence-electron chi connectivity index (χ0n) is 14.8. The van der Waals surface area contributed by atoms with Crippen molar-refractivity contribution in [2.75, 3.05) is 13.1 Å². The minimum Gasteiger partial charge on any atom is -0.360 e. The summed E-state index contributed by atoms with van der Waals surface area (Å²) in [6.45, 7) is 6.52. The third kappa shape index (κ3) is 3.10. The Morgan fingerprint density at radius 2 is 2.16 bits per heavy atom. The molecule has 2 aromatic rings. The molecule has 2 N–H and O–H groups in total. The molecule has 4 rings (SSSR count). The molecule has 0 aliphatic carbocycles. The maximum atomic E-state index is 14.1. The summed E-state index contributed by atoms with van der Waals surface area (Å²) in [5, 5.41) is 4.13. The van der Waals surface area contributed by atoms with E-state index in [4.69, 9.17) is 4.52 Å². The monoisotopic (exact) mass is 344 g/mol. The first-order valence-corrected chi connectivity index (χ1v) is 9.03. The third-order valence-corrected chi connectivity index (χ3v) is 5.71. The molecule has 3 heterocycles. The third-order valence-electron chi connectivity index (χ3n) is 5.71. The highest BCUT2D eigenvalue weighted by Gasteiger charge is 2.42. The molecule has 0 bridgehead atoms. The van der Waals surface area contributed by atoms with Crippen molar-refractivity contribution in [2.24, 2.45) is 0 Å². The molecule has 3 atom stereocenters. The van der Waals surface area contributed by atoms with Crippen LogP contribution in [0.5, 0.6) is 0 Å². The molecule has 3 unspecified atom stereocenters. The molecule has 6 heteroatoms. The van der Waals surface area contributed by atoms with Crippen molar-refractivity contribution in [3.05, 3.63) is 52.7 Å². The van der Waals surface area contributed by atoms with Crippen LogP contribution in [-0.4, -0.2) is 35.2 Å². The molecule has 1 aromatic carbocycles. The highest BCUT2D eigenvalue weighted by molar-refractivity contribution is 5.26. The van der Waals surface area contributed by atoms with Gasteiger partial charge in [0, 0.05) is 36.3 Å². The van der Waals surface area contributed by atoms with E-state index < -0.39 is 0 Å². The Labute approximate surface area is 147 Å². The van der Waals surface area contributed by atoms with Gasteiger partial charge >= 0.3 is 0 Å². The highest BCUT2D eigenvalue weighted by atomic mass is 19.1. The fraction of sp³-hybridized carbons (Fsp3) is 0.526. The number of aryl methyl sites for hydroxylation is 1. The number of halogens is 1. The van der Waals surface area contributed by atoms with Crippen LogP contribution in [0.2, 0.25) is 0 Å². The normalized spacial score (nSPS) is 27.2. The quantitative estimate of drug-likeness (QED) is 0.893. The largest absolute Gasteiger partial charge is 0.360 e. The average Bonchev–Trinajstić information content (AvgIpc) is 3.31. The number of likely N-dealkylation sites (tertiary alicyclic amines) is 1. The minimum absolute atomic E-state index is 0.121. The number of hydrogen-bond donors (Lipinski definition) is 2. The molecule has 2 aliphatic rings. The molecule has 0 amide bonds. The van der Waals surface area contributed by atoms with E-state index in [2.05, 4.69) is 27.8 Å². The summed E-state index contributed by atoms with van der Waals surface area (Å²) in [6, 6.07) is 7.66. The summed E-state index contributed by atoms with van der Waals surface area (Å²) in [6.07, 6.45) is 2.24. The van der Waals surface area contributed by atoms with Crippen LogP contribution in [0.3, 0.4) is 0 Å². The lowest BCUT2D eigenvalue weighted by Crippen LogP contribution is -2.47. The van der Waals surface area contributed by atoms with E-state index in [9.17, 15) is 4.39 Å². The molecule has 0 radical (unpaired) electrons. The number of hydrogen-bond acceptors (Lipinski definition) is 5. The molecule has 0 saturated carbocycles. The van der Waals surface area contributed by atoms with Crippen LogP contribution in [0.25, 0.3) is 0 Å². The van der Waals surface area contributed by atoms with E-state index >= 15 is 0 Å². The second-order valence-electron chi connectivity index (χ2n) is 7.19. The minimum atomic E-state index is -0.121. The van der Waals surface area contributed by atoms with Crippen LogP contribution in [0, 0.1) is 19.7 Å². The molecule has 5 nitrogen and oxygen atoms in total. The van der Waals surface area contributed by atoms with Crippen molar-refractivity contribution in [1.29, 1.82) is 0 Å². The van der Waals surface area contributed by atoms with Gasteiger partial charge in [-0.3, -0.25) is 15.8 Å². The molecule has 1 aromatic heterocycles. The number of hydrazine groups is 1. The van der Waals surface area contributed by atoms with E-state index in [1.807, 2.05) is 19.1 Å². The van der Waals surface area contributed by atoms with Gasteiger partial charge < -0.3 is 4.52 Å². The van der Waals surface area contributed by atoms with Gasteiger partial charge in [0.05, 0.1) is 11.6 Å². The second kappa shape index (κ2) is 6.86. The van der Waals surface area contributed by atoms with Gasteiger partial charge in [-0.05, 0) is 39.3 Å². The van der Waals surface area contributed by atoms with Gasteiger partial charge in [0.1, 0.15) is 11.6 Å². The van der Waals surface area contributed by atoms with Crippen molar-refractivity contribution < 1.29 is 8.91 Å². The van der Waals surface area contributed by atoms with Crippen LogP contribution >= 0.6 is 0 Å². The smallest absolute Gasteiger partial charge is 0.145 e. The van der Waals surface area contributed by atoms with Gasteiger partial charge in [0.2, 0.25) is 0 Å². The first-order chi connectivity index (χ1) is 12.1. The highest BCUT2D eigenvalue weighted by Crippen LogP contribution is 2.34. The fourth-order valence-corrected chi connectivity index (χ4v) is 4.21. The number of aromatic nitrogens is 1. The fourth-order valence-electron chi connectivity index (χ4n) is 4.21. The average molecular weight is 344 g/mol. The zero-order valence-corrected chi connectivity index (χ0v) is 14.8. The van der Waals surface area contributed by atoms with E-state index in [-0.39, 0.29) is 17.8 Å². The second-order valence-corrected chi connectivity index (χ2v) is 7.19. The van der Waals surface area contributed by atoms with Crippen molar-refractivity contribution in [1.82, 2.24) is 20.9 Å². The molecule has 25 heavy (non-hydrogen) atoms. The van der Waals surface area contributed by atoms with Crippen LogP contribution in [-0.2, 0) is 6.54 Å². The van der Waals surface area contributed by atoms with E-state index in [0.29, 0.717) is 12.6 Å². The summed E-state index contributed by atoms with van der Waals surface area (Å²) in [5.74, 6) is 1.09. The molecule has 2 saturated heterocycles. The van der Waals surface area contributed by atoms with Crippen molar-refractivity contribution in [3.8, 4) is 0 Å². The van der Waals surface area contributed by atoms with Crippen molar-refractivity contribution in [2.45, 2.75) is 51.2 Å². The standard InChI is InChI=1S/C19H25FN4O/c1-12-13(2)23-25-19(12)15-10-21-22-18(15)17-8-5-9-24(17)11-14-6-3-4-7-16(14)20/h3-4,6-7,15,17-18,21-22H,5,8-11H2,1-2H3.